The molecule has 0 aliphatic heterocycles. The molecule has 0 aliphatic rings. The topological polar surface area (TPSA) is 70.1 Å². The van der Waals surface area contributed by atoms with Crippen LogP contribution in [0, 0.1) is 0 Å². The standard InChI is InChI=1S/C2H4O2.ClH.2Na.H2O/c1-2(3)4;;;;/h1H3,(H,3,4);1H;;;1H2/q;;2*+1;/p-2. The molecule has 0 spiro atoms. The van der Waals surface area contributed by atoms with Gasteiger partial charge in [-0.2, -0.15) is 0 Å². The van der Waals surface area contributed by atoms with Gasteiger partial charge in [0.2, 0.25) is 0 Å². The van der Waals surface area contributed by atoms with Crippen molar-refractivity contribution in [1.82, 2.24) is 0 Å². The Bertz CT molecular complexity index is 38.3. The minimum atomic E-state index is -1.08. The molecule has 1 N–H and O–H groups in total. The second-order valence-corrected chi connectivity index (χ2v) is 0.492. The van der Waals surface area contributed by atoms with Crippen LogP contribution in [0.4, 0.5) is 0 Å². The van der Waals surface area contributed by atoms with E-state index in [1.54, 1.807) is 0 Å². The van der Waals surface area contributed by atoms with Crippen LogP contribution in [0.25, 0.3) is 0 Å². The summed E-state index contributed by atoms with van der Waals surface area (Å²) in [6.45, 7) is 0.972. The van der Waals surface area contributed by atoms with Crippen LogP contribution < -0.4 is 64.2 Å². The number of rotatable bonds is 0. The van der Waals surface area contributed by atoms with Crippen LogP contribution in [0.15, 0.2) is 0 Å². The molecule has 0 heterocycles. The summed E-state index contributed by atoms with van der Waals surface area (Å²) >= 11 is 0. The van der Waals surface area contributed by atoms with Gasteiger partial charge in [-0.15, -0.1) is 12.4 Å². The summed E-state index contributed by atoms with van der Waals surface area (Å²) in [4.78, 5) is 8.89. The van der Waals surface area contributed by atoms with E-state index in [1.165, 1.54) is 0 Å². The number of carboxylic acids is 1. The summed E-state index contributed by atoms with van der Waals surface area (Å²) in [6, 6.07) is 0. The average Bonchev–Trinajstić information content (AvgIpc) is 0.811. The molecule has 0 aliphatic carbocycles. The maximum absolute atomic E-state index is 8.89. The molecule has 0 saturated heterocycles. The molecule has 0 aromatic rings. The van der Waals surface area contributed by atoms with Crippen molar-refractivity contribution in [2.45, 2.75) is 6.92 Å². The summed E-state index contributed by atoms with van der Waals surface area (Å²) in [7, 11) is 0. The van der Waals surface area contributed by atoms with Gasteiger partial charge in [0.1, 0.15) is 0 Å². The molecule has 0 amide bonds. The van der Waals surface area contributed by atoms with Crippen LogP contribution in [-0.2, 0) is 4.79 Å². The van der Waals surface area contributed by atoms with E-state index >= 15 is 0 Å². The summed E-state index contributed by atoms with van der Waals surface area (Å²) in [6.07, 6.45) is 0. The third-order valence-electron chi connectivity index (χ3n) is 0. The quantitative estimate of drug-likeness (QED) is 0.329. The maximum atomic E-state index is 8.89. The van der Waals surface area contributed by atoms with Gasteiger partial charge in [-0.05, 0) is 6.92 Å². The number of hydrogen-bond acceptors (Lipinski definition) is 3. The minimum absolute atomic E-state index is 0. The molecule has 0 aromatic heterocycles. The van der Waals surface area contributed by atoms with Gasteiger partial charge in [0.15, 0.2) is 0 Å². The molecule has 6 heteroatoms. The van der Waals surface area contributed by atoms with Crippen molar-refractivity contribution >= 4 is 18.4 Å². The van der Waals surface area contributed by atoms with Crippen LogP contribution in [-0.4, -0.2) is 11.4 Å². The van der Waals surface area contributed by atoms with Crippen molar-refractivity contribution in [2.24, 2.45) is 0 Å². The Labute approximate surface area is 98.5 Å². The van der Waals surface area contributed by atoms with E-state index in [-0.39, 0.29) is 77.0 Å². The molecule has 0 aromatic carbocycles. The van der Waals surface area contributed by atoms with Crippen molar-refractivity contribution < 1.29 is 74.5 Å². The normalized spacial score (nSPS) is 3.12. The second kappa shape index (κ2) is 23.3. The van der Waals surface area contributed by atoms with E-state index in [1.807, 2.05) is 0 Å². The van der Waals surface area contributed by atoms with Gasteiger partial charge in [0, 0.05) is 5.97 Å². The first-order chi connectivity index (χ1) is 1.73. The molecule has 40 valence electrons. The molecule has 0 rings (SSSR count). The smallest absolute Gasteiger partial charge is 0.870 e. The summed E-state index contributed by atoms with van der Waals surface area (Å²) in [5.74, 6) is -1.08. The van der Waals surface area contributed by atoms with Gasteiger partial charge in [-0.3, -0.25) is 0 Å². The SMILES string of the molecule is CC(=O)[O-].Cl.[Na+].[Na+].[OH-]. The van der Waals surface area contributed by atoms with E-state index in [0.29, 0.717) is 0 Å². The molecule has 0 bridgehead atoms. The molecule has 0 radical (unpaired) electrons. The largest absolute Gasteiger partial charge is 1.00 e. The Morgan fingerprint density at radius 1 is 1.38 bits per heavy atom. The van der Waals surface area contributed by atoms with Crippen molar-refractivity contribution in [1.29, 1.82) is 0 Å². The third kappa shape index (κ3) is 118. The Kier molecular flexibility index (Phi) is 96.7. The van der Waals surface area contributed by atoms with E-state index in [0.717, 1.165) is 6.92 Å². The third-order valence-corrected chi connectivity index (χ3v) is 0. The van der Waals surface area contributed by atoms with Gasteiger partial charge >= 0.3 is 59.1 Å². The zero-order chi connectivity index (χ0) is 3.58. The Hall–Kier alpha value is 1.72. The van der Waals surface area contributed by atoms with E-state index in [9.17, 15) is 0 Å². The Morgan fingerprint density at radius 3 is 1.38 bits per heavy atom. The number of aliphatic carboxylic acids is 1. The predicted molar refractivity (Wildman–Crippen MR) is 19.9 cm³/mol. The predicted octanol–water partition coefficient (Wildman–Crippen LogP) is -6.99. The summed E-state index contributed by atoms with van der Waals surface area (Å²) < 4.78 is 0. The minimum Gasteiger partial charge on any atom is -0.870 e. The zero-order valence-corrected chi connectivity index (χ0v) is 9.99. The van der Waals surface area contributed by atoms with Crippen molar-refractivity contribution in [3.63, 3.8) is 0 Å². The number of carboxylic acid groups (broad SMARTS) is 1. The van der Waals surface area contributed by atoms with Crippen LogP contribution in [0.5, 0.6) is 0 Å². The van der Waals surface area contributed by atoms with E-state index in [4.69, 9.17) is 9.90 Å². The summed E-state index contributed by atoms with van der Waals surface area (Å²) in [5, 5.41) is 8.89. The van der Waals surface area contributed by atoms with Crippen LogP contribution in [0.1, 0.15) is 6.92 Å². The van der Waals surface area contributed by atoms with Gasteiger partial charge in [0.25, 0.3) is 0 Å². The molecule has 0 unspecified atom stereocenters. The monoisotopic (exact) mass is 158 g/mol. The van der Waals surface area contributed by atoms with Crippen molar-refractivity contribution in [2.75, 3.05) is 0 Å². The van der Waals surface area contributed by atoms with Gasteiger partial charge in [0.05, 0.1) is 0 Å². The average molecular weight is 158 g/mol. The molecular formula is C2H5ClNa2O3. The number of hydrogen-bond donors (Lipinski definition) is 0. The fraction of sp³-hybridized carbons (Fsp3) is 0.500. The molecular weight excluding hydrogens is 153 g/mol. The molecule has 3 nitrogen and oxygen atoms in total. The van der Waals surface area contributed by atoms with Gasteiger partial charge in [-0.25, -0.2) is 0 Å². The summed E-state index contributed by atoms with van der Waals surface area (Å²) in [5.41, 5.74) is 0. The van der Waals surface area contributed by atoms with E-state index in [2.05, 4.69) is 0 Å². The molecule has 0 atom stereocenters. The maximum Gasteiger partial charge on any atom is 1.00 e. The Balaban J connectivity index is -0.00000000750. The van der Waals surface area contributed by atoms with Crippen molar-refractivity contribution in [3.8, 4) is 0 Å². The Morgan fingerprint density at radius 2 is 1.38 bits per heavy atom. The second-order valence-electron chi connectivity index (χ2n) is 0.492. The molecule has 8 heavy (non-hydrogen) atoms. The number of carbonyl (C=O) groups excluding carboxylic acids is 1. The molecule has 0 saturated carbocycles. The zero-order valence-electron chi connectivity index (χ0n) is 5.17. The first kappa shape index (κ1) is 33.2. The number of carbonyl (C=O) groups is 1. The fourth-order valence-corrected chi connectivity index (χ4v) is 0. The van der Waals surface area contributed by atoms with Crippen LogP contribution in [0.2, 0.25) is 0 Å². The molecule has 0 fully saturated rings. The van der Waals surface area contributed by atoms with Crippen LogP contribution in [0.3, 0.4) is 0 Å². The van der Waals surface area contributed by atoms with E-state index < -0.39 is 5.97 Å². The first-order valence-corrected chi connectivity index (χ1v) is 0.908. The first-order valence-electron chi connectivity index (χ1n) is 0.908. The van der Waals surface area contributed by atoms with Gasteiger partial charge < -0.3 is 15.4 Å². The van der Waals surface area contributed by atoms with Gasteiger partial charge in [-0.1, -0.05) is 0 Å². The van der Waals surface area contributed by atoms with Crippen LogP contribution >= 0.6 is 12.4 Å². The van der Waals surface area contributed by atoms with Crippen molar-refractivity contribution in [3.05, 3.63) is 0 Å². The number of halogens is 1. The fourth-order valence-electron chi connectivity index (χ4n) is 0.